The number of ether oxygens (including phenoxy) is 1. The SMILES string of the molecule is CCCCC(CC)COC(=O)c1ccc(N)cc1.c1ncncn1. The van der Waals surface area contributed by atoms with E-state index in [2.05, 4.69) is 28.8 Å². The largest absolute Gasteiger partial charge is 0.462 e. The number of unbranched alkanes of at least 4 members (excludes halogenated alkanes) is 1. The number of nitrogens with zero attached hydrogens (tertiary/aromatic N) is 3. The lowest BCUT2D eigenvalue weighted by molar-refractivity contribution is 0.0428. The summed E-state index contributed by atoms with van der Waals surface area (Å²) < 4.78 is 5.34. The van der Waals surface area contributed by atoms with Crippen LogP contribution >= 0.6 is 0 Å². The maximum atomic E-state index is 11.8. The van der Waals surface area contributed by atoms with Gasteiger partial charge >= 0.3 is 5.97 Å². The average Bonchev–Trinajstić information content (AvgIpc) is 2.64. The van der Waals surface area contributed by atoms with Crippen LogP contribution in [-0.2, 0) is 4.74 Å². The average molecular weight is 330 g/mol. The third-order valence-electron chi connectivity index (χ3n) is 3.54. The van der Waals surface area contributed by atoms with Gasteiger partial charge in [-0.15, -0.1) is 0 Å². The molecule has 0 radical (unpaired) electrons. The number of carbonyl (C=O) groups excluding carboxylic acids is 1. The molecule has 0 saturated heterocycles. The Bertz CT molecular complexity index is 534. The molecule has 1 aromatic carbocycles. The lowest BCUT2D eigenvalue weighted by Crippen LogP contribution is -2.14. The number of benzene rings is 1. The molecule has 0 amide bonds. The van der Waals surface area contributed by atoms with Gasteiger partial charge in [-0.25, -0.2) is 19.7 Å². The molecular weight excluding hydrogens is 304 g/mol. The van der Waals surface area contributed by atoms with Gasteiger partial charge in [0.2, 0.25) is 0 Å². The Balaban J connectivity index is 0.000000400. The maximum Gasteiger partial charge on any atom is 0.338 e. The van der Waals surface area contributed by atoms with Gasteiger partial charge in [0.05, 0.1) is 12.2 Å². The molecule has 6 nitrogen and oxygen atoms in total. The highest BCUT2D eigenvalue weighted by atomic mass is 16.5. The number of carbonyl (C=O) groups is 1. The van der Waals surface area contributed by atoms with E-state index in [1.165, 1.54) is 31.8 Å². The first-order valence-electron chi connectivity index (χ1n) is 8.25. The zero-order chi connectivity index (χ0) is 17.6. The molecule has 1 unspecified atom stereocenters. The molecule has 1 atom stereocenters. The van der Waals surface area contributed by atoms with Crippen molar-refractivity contribution in [2.45, 2.75) is 39.5 Å². The molecule has 130 valence electrons. The van der Waals surface area contributed by atoms with Crippen molar-refractivity contribution >= 4 is 11.7 Å². The van der Waals surface area contributed by atoms with Crippen LogP contribution in [-0.4, -0.2) is 27.5 Å². The minimum atomic E-state index is -0.259. The van der Waals surface area contributed by atoms with E-state index in [0.29, 0.717) is 23.8 Å². The Kier molecular flexibility index (Phi) is 9.76. The van der Waals surface area contributed by atoms with Crippen LogP contribution in [0.25, 0.3) is 0 Å². The van der Waals surface area contributed by atoms with Crippen molar-refractivity contribution in [3.63, 3.8) is 0 Å². The van der Waals surface area contributed by atoms with E-state index >= 15 is 0 Å². The zero-order valence-electron chi connectivity index (χ0n) is 14.4. The summed E-state index contributed by atoms with van der Waals surface area (Å²) in [4.78, 5) is 22.5. The van der Waals surface area contributed by atoms with Gasteiger partial charge in [0.1, 0.15) is 19.0 Å². The zero-order valence-corrected chi connectivity index (χ0v) is 14.4. The van der Waals surface area contributed by atoms with E-state index in [0.717, 1.165) is 12.8 Å². The lowest BCUT2D eigenvalue weighted by Gasteiger charge is -2.14. The van der Waals surface area contributed by atoms with Crippen LogP contribution in [0.15, 0.2) is 43.2 Å². The maximum absolute atomic E-state index is 11.8. The summed E-state index contributed by atoms with van der Waals surface area (Å²) in [7, 11) is 0. The predicted octanol–water partition coefficient (Wildman–Crippen LogP) is 3.51. The third-order valence-corrected chi connectivity index (χ3v) is 3.54. The molecule has 0 spiro atoms. The van der Waals surface area contributed by atoms with Crippen LogP contribution in [0, 0.1) is 5.92 Å². The van der Waals surface area contributed by atoms with Gasteiger partial charge in [-0.05, 0) is 36.6 Å². The minimum absolute atomic E-state index is 0.259. The first kappa shape index (κ1) is 19.5. The van der Waals surface area contributed by atoms with Crippen molar-refractivity contribution in [3.05, 3.63) is 48.8 Å². The molecule has 0 aliphatic rings. The summed E-state index contributed by atoms with van der Waals surface area (Å²) in [6.07, 6.45) is 8.87. The van der Waals surface area contributed by atoms with Gasteiger partial charge in [0, 0.05) is 5.69 Å². The molecule has 2 aromatic rings. The van der Waals surface area contributed by atoms with Crippen molar-refractivity contribution < 1.29 is 9.53 Å². The highest BCUT2D eigenvalue weighted by Crippen LogP contribution is 2.14. The number of aromatic nitrogens is 3. The third kappa shape index (κ3) is 8.22. The second-order valence-corrected chi connectivity index (χ2v) is 5.43. The Morgan fingerprint density at radius 1 is 1.08 bits per heavy atom. The van der Waals surface area contributed by atoms with Gasteiger partial charge in [-0.2, -0.15) is 0 Å². The monoisotopic (exact) mass is 330 g/mol. The van der Waals surface area contributed by atoms with Crippen molar-refractivity contribution in [1.82, 2.24) is 15.0 Å². The standard InChI is InChI=1S/C15H23NO2.C3H3N3/c1-3-5-6-12(4-2)11-18-15(17)13-7-9-14(16)10-8-13;1-4-2-6-3-5-1/h7-10,12H,3-6,11,16H2,1-2H3;1-3H. The van der Waals surface area contributed by atoms with E-state index in [-0.39, 0.29) is 5.97 Å². The summed E-state index contributed by atoms with van der Waals surface area (Å²) in [5.74, 6) is 0.215. The molecular formula is C18H26N4O2. The number of hydrogen-bond donors (Lipinski definition) is 1. The summed E-state index contributed by atoms with van der Waals surface area (Å²) >= 11 is 0. The number of esters is 1. The molecule has 0 aliphatic heterocycles. The Labute approximate surface area is 143 Å². The highest BCUT2D eigenvalue weighted by Gasteiger charge is 2.11. The second kappa shape index (κ2) is 12.0. The van der Waals surface area contributed by atoms with E-state index in [4.69, 9.17) is 10.5 Å². The van der Waals surface area contributed by atoms with Crippen LogP contribution < -0.4 is 5.73 Å². The van der Waals surface area contributed by atoms with E-state index in [1.807, 2.05) is 0 Å². The van der Waals surface area contributed by atoms with Gasteiger partial charge < -0.3 is 10.5 Å². The smallest absolute Gasteiger partial charge is 0.338 e. The van der Waals surface area contributed by atoms with Gasteiger partial charge in [0.15, 0.2) is 0 Å². The normalized spacial score (nSPS) is 11.1. The van der Waals surface area contributed by atoms with Gasteiger partial charge in [0.25, 0.3) is 0 Å². The molecule has 1 heterocycles. The Morgan fingerprint density at radius 3 is 2.12 bits per heavy atom. The summed E-state index contributed by atoms with van der Waals surface area (Å²) in [5.41, 5.74) is 6.79. The summed E-state index contributed by atoms with van der Waals surface area (Å²) in [6, 6.07) is 6.82. The molecule has 0 fully saturated rings. The minimum Gasteiger partial charge on any atom is -0.462 e. The van der Waals surface area contributed by atoms with Crippen LogP contribution in [0.5, 0.6) is 0 Å². The second-order valence-electron chi connectivity index (χ2n) is 5.43. The molecule has 0 saturated carbocycles. The fourth-order valence-electron chi connectivity index (χ4n) is 2.00. The van der Waals surface area contributed by atoms with Crippen LogP contribution in [0.3, 0.4) is 0 Å². The highest BCUT2D eigenvalue weighted by molar-refractivity contribution is 5.89. The lowest BCUT2D eigenvalue weighted by atomic mass is 10.0. The predicted molar refractivity (Wildman–Crippen MR) is 94.3 cm³/mol. The van der Waals surface area contributed by atoms with Crippen molar-refractivity contribution in [3.8, 4) is 0 Å². The fraction of sp³-hybridized carbons (Fsp3) is 0.444. The van der Waals surface area contributed by atoms with E-state index < -0.39 is 0 Å². The summed E-state index contributed by atoms with van der Waals surface area (Å²) in [5, 5.41) is 0. The number of anilines is 1. The molecule has 1 aromatic heterocycles. The van der Waals surface area contributed by atoms with Crippen molar-refractivity contribution in [2.24, 2.45) is 5.92 Å². The number of rotatable bonds is 7. The molecule has 2 rings (SSSR count). The first-order chi connectivity index (χ1) is 11.7. The number of nitrogen functional groups attached to an aromatic ring is 1. The summed E-state index contributed by atoms with van der Waals surface area (Å²) in [6.45, 7) is 4.82. The van der Waals surface area contributed by atoms with Gasteiger partial charge in [-0.3, -0.25) is 0 Å². The molecule has 6 heteroatoms. The van der Waals surface area contributed by atoms with Crippen LogP contribution in [0.4, 0.5) is 5.69 Å². The van der Waals surface area contributed by atoms with E-state index in [9.17, 15) is 4.79 Å². The van der Waals surface area contributed by atoms with Crippen LogP contribution in [0.1, 0.15) is 49.9 Å². The topological polar surface area (TPSA) is 91.0 Å². The molecule has 2 N–H and O–H groups in total. The Morgan fingerprint density at radius 2 is 1.67 bits per heavy atom. The van der Waals surface area contributed by atoms with Gasteiger partial charge in [-0.1, -0.05) is 33.1 Å². The number of nitrogens with two attached hydrogens (primary N) is 1. The first-order valence-corrected chi connectivity index (χ1v) is 8.25. The Hall–Kier alpha value is -2.50. The van der Waals surface area contributed by atoms with E-state index in [1.54, 1.807) is 24.3 Å². The van der Waals surface area contributed by atoms with Crippen molar-refractivity contribution in [2.75, 3.05) is 12.3 Å². The molecule has 0 bridgehead atoms. The fourth-order valence-corrected chi connectivity index (χ4v) is 2.00. The number of hydrogen-bond acceptors (Lipinski definition) is 6. The van der Waals surface area contributed by atoms with Crippen LogP contribution in [0.2, 0.25) is 0 Å². The quantitative estimate of drug-likeness (QED) is 0.617. The molecule has 24 heavy (non-hydrogen) atoms. The van der Waals surface area contributed by atoms with Crippen molar-refractivity contribution in [1.29, 1.82) is 0 Å². The molecule has 0 aliphatic carbocycles.